The van der Waals surface area contributed by atoms with Crippen LogP contribution in [-0.4, -0.2) is 35.6 Å². The Labute approximate surface area is 161 Å². The molecule has 0 radical (unpaired) electrons. The molecule has 0 fully saturated rings. The molecule has 2 heterocycles. The highest BCUT2D eigenvalue weighted by molar-refractivity contribution is 5.86. The highest BCUT2D eigenvalue weighted by atomic mass is 15.2. The molecule has 3 aromatic rings. The number of pyridine rings is 1. The molecule has 0 aliphatic carbocycles. The fourth-order valence-corrected chi connectivity index (χ4v) is 3.26. The Balaban J connectivity index is 1.56. The largest absolute Gasteiger partial charge is 0.361 e. The molecule has 0 unspecified atom stereocenters. The van der Waals surface area contributed by atoms with Crippen molar-refractivity contribution in [1.82, 2.24) is 20.6 Å². The fraction of sp³-hybridized carbons (Fsp3) is 0.364. The second-order valence-electron chi connectivity index (χ2n) is 6.52. The molecule has 0 amide bonds. The van der Waals surface area contributed by atoms with E-state index in [9.17, 15) is 0 Å². The van der Waals surface area contributed by atoms with Crippen molar-refractivity contribution in [2.24, 2.45) is 4.99 Å². The van der Waals surface area contributed by atoms with Crippen LogP contribution in [0.25, 0.3) is 10.9 Å². The lowest BCUT2D eigenvalue weighted by Crippen LogP contribution is -2.38. The first-order chi connectivity index (χ1) is 13.3. The zero-order valence-electron chi connectivity index (χ0n) is 16.3. The van der Waals surface area contributed by atoms with Crippen molar-refractivity contribution in [2.45, 2.75) is 33.1 Å². The number of aromatic amines is 1. The summed E-state index contributed by atoms with van der Waals surface area (Å²) >= 11 is 0. The molecule has 0 aliphatic heterocycles. The van der Waals surface area contributed by atoms with E-state index in [1.54, 1.807) is 0 Å². The van der Waals surface area contributed by atoms with Gasteiger partial charge in [0.1, 0.15) is 0 Å². The number of H-pyrrole nitrogens is 1. The summed E-state index contributed by atoms with van der Waals surface area (Å²) in [5.74, 6) is 0.863. The lowest BCUT2D eigenvalue weighted by atomic mass is 10.1. The smallest absolute Gasteiger partial charge is 0.191 e. The number of hydrogen-bond donors (Lipinski definition) is 3. The van der Waals surface area contributed by atoms with Crippen LogP contribution in [0.5, 0.6) is 0 Å². The third-order valence-corrected chi connectivity index (χ3v) is 4.66. The van der Waals surface area contributed by atoms with Crippen molar-refractivity contribution in [3.05, 3.63) is 65.6 Å². The van der Waals surface area contributed by atoms with Crippen molar-refractivity contribution >= 4 is 16.9 Å². The average molecular weight is 364 g/mol. The molecule has 0 saturated heterocycles. The molecule has 2 aromatic heterocycles. The van der Waals surface area contributed by atoms with Gasteiger partial charge in [-0.05, 0) is 43.0 Å². The molecule has 0 spiro atoms. The van der Waals surface area contributed by atoms with Gasteiger partial charge in [0.2, 0.25) is 0 Å². The van der Waals surface area contributed by atoms with Crippen LogP contribution >= 0.6 is 0 Å². The number of guanidine groups is 1. The molecule has 5 heteroatoms. The molecule has 0 atom stereocenters. The van der Waals surface area contributed by atoms with Gasteiger partial charge in [-0.1, -0.05) is 31.2 Å². The highest BCUT2D eigenvalue weighted by Crippen LogP contribution is 2.22. The number of para-hydroxylation sites is 1. The maximum Gasteiger partial charge on any atom is 0.191 e. The van der Waals surface area contributed by atoms with E-state index < -0.39 is 0 Å². The number of rotatable bonds is 8. The molecule has 0 saturated carbocycles. The number of hydrogen-bond acceptors (Lipinski definition) is 2. The number of nitrogens with one attached hydrogen (secondary N) is 3. The van der Waals surface area contributed by atoms with Gasteiger partial charge in [0.15, 0.2) is 5.96 Å². The Kier molecular flexibility index (Phi) is 6.85. The van der Waals surface area contributed by atoms with Crippen LogP contribution in [-0.2, 0) is 19.3 Å². The van der Waals surface area contributed by atoms with Crippen molar-refractivity contribution in [2.75, 3.05) is 19.6 Å². The Bertz CT molecular complexity index is 867. The quantitative estimate of drug-likeness (QED) is 0.424. The molecule has 0 bridgehead atoms. The Morgan fingerprint density at radius 3 is 2.74 bits per heavy atom. The van der Waals surface area contributed by atoms with Crippen LogP contribution in [0.2, 0.25) is 0 Å². The minimum atomic E-state index is 0.722. The van der Waals surface area contributed by atoms with E-state index in [1.165, 1.54) is 22.0 Å². The summed E-state index contributed by atoms with van der Waals surface area (Å²) in [5.41, 5.74) is 5.06. The monoisotopic (exact) mass is 363 g/mol. The first-order valence-electron chi connectivity index (χ1n) is 9.81. The van der Waals surface area contributed by atoms with E-state index in [2.05, 4.69) is 63.8 Å². The van der Waals surface area contributed by atoms with E-state index in [0.717, 1.165) is 50.6 Å². The van der Waals surface area contributed by atoms with E-state index in [0.29, 0.717) is 0 Å². The van der Waals surface area contributed by atoms with Crippen LogP contribution in [0.4, 0.5) is 0 Å². The zero-order valence-corrected chi connectivity index (χ0v) is 16.3. The minimum absolute atomic E-state index is 0.722. The van der Waals surface area contributed by atoms with Crippen LogP contribution < -0.4 is 10.6 Å². The summed E-state index contributed by atoms with van der Waals surface area (Å²) in [4.78, 5) is 12.5. The van der Waals surface area contributed by atoms with Gasteiger partial charge in [-0.2, -0.15) is 0 Å². The molecule has 3 N–H and O–H groups in total. The van der Waals surface area contributed by atoms with Crippen LogP contribution in [0.15, 0.2) is 53.8 Å². The standard InChI is InChI=1S/C22H29N5/c1-3-17-8-7-10-20-18(16-27-21(17)20)11-14-25-22(23-4-2)26-15-12-19-9-5-6-13-24-19/h5-10,13,16,27H,3-4,11-12,14-15H2,1-2H3,(H2,23,25,26). The second kappa shape index (κ2) is 9.76. The summed E-state index contributed by atoms with van der Waals surface area (Å²) in [6, 6.07) is 12.5. The fourth-order valence-electron chi connectivity index (χ4n) is 3.26. The summed E-state index contributed by atoms with van der Waals surface area (Å²) in [7, 11) is 0. The maximum absolute atomic E-state index is 4.66. The minimum Gasteiger partial charge on any atom is -0.361 e. The van der Waals surface area contributed by atoms with Gasteiger partial charge in [0.05, 0.1) is 0 Å². The van der Waals surface area contributed by atoms with Gasteiger partial charge in [-0.3, -0.25) is 9.98 Å². The normalized spacial score (nSPS) is 11.7. The van der Waals surface area contributed by atoms with Gasteiger partial charge < -0.3 is 15.6 Å². The second-order valence-corrected chi connectivity index (χ2v) is 6.52. The first-order valence-corrected chi connectivity index (χ1v) is 9.81. The Morgan fingerprint density at radius 1 is 1.04 bits per heavy atom. The maximum atomic E-state index is 4.66. The van der Waals surface area contributed by atoms with Crippen molar-refractivity contribution in [3.63, 3.8) is 0 Å². The van der Waals surface area contributed by atoms with Gasteiger partial charge in [0, 0.05) is 55.0 Å². The highest BCUT2D eigenvalue weighted by Gasteiger charge is 2.06. The van der Waals surface area contributed by atoms with Crippen LogP contribution in [0, 0.1) is 0 Å². The van der Waals surface area contributed by atoms with Crippen molar-refractivity contribution in [1.29, 1.82) is 0 Å². The molecule has 0 aliphatic rings. The summed E-state index contributed by atoms with van der Waals surface area (Å²) in [6.45, 7) is 6.70. The van der Waals surface area contributed by atoms with Gasteiger partial charge in [-0.15, -0.1) is 0 Å². The molecule has 3 rings (SSSR count). The molecular formula is C22H29N5. The van der Waals surface area contributed by atoms with E-state index in [4.69, 9.17) is 0 Å². The molecule has 1 aromatic carbocycles. The van der Waals surface area contributed by atoms with E-state index in [-0.39, 0.29) is 0 Å². The predicted molar refractivity (Wildman–Crippen MR) is 113 cm³/mol. The first kappa shape index (κ1) is 19.0. The van der Waals surface area contributed by atoms with Crippen molar-refractivity contribution < 1.29 is 0 Å². The topological polar surface area (TPSA) is 65.1 Å². The Hall–Kier alpha value is -2.82. The third kappa shape index (κ3) is 5.09. The third-order valence-electron chi connectivity index (χ3n) is 4.66. The van der Waals surface area contributed by atoms with Crippen LogP contribution in [0.3, 0.4) is 0 Å². The molecule has 142 valence electrons. The predicted octanol–water partition coefficient (Wildman–Crippen LogP) is 3.47. The number of benzene rings is 1. The van der Waals surface area contributed by atoms with Gasteiger partial charge in [-0.25, -0.2) is 0 Å². The SMILES string of the molecule is CCNC(=NCCc1ccccn1)NCCc1c[nH]c2c(CC)cccc12. The van der Waals surface area contributed by atoms with Crippen LogP contribution in [0.1, 0.15) is 30.7 Å². The lowest BCUT2D eigenvalue weighted by Gasteiger charge is -2.11. The lowest BCUT2D eigenvalue weighted by molar-refractivity contribution is 0.796. The number of nitrogens with zero attached hydrogens (tertiary/aromatic N) is 2. The zero-order chi connectivity index (χ0) is 18.9. The number of fused-ring (bicyclic) bond motifs is 1. The van der Waals surface area contributed by atoms with Gasteiger partial charge in [0.25, 0.3) is 0 Å². The number of aromatic nitrogens is 2. The Morgan fingerprint density at radius 2 is 1.96 bits per heavy atom. The summed E-state index contributed by atoms with van der Waals surface area (Å²) in [6.07, 6.45) is 6.81. The molecule has 5 nitrogen and oxygen atoms in total. The molecular weight excluding hydrogens is 334 g/mol. The number of aliphatic imine (C=N–C) groups is 1. The van der Waals surface area contributed by atoms with E-state index >= 15 is 0 Å². The van der Waals surface area contributed by atoms with Crippen molar-refractivity contribution in [3.8, 4) is 0 Å². The number of aryl methyl sites for hydroxylation is 1. The summed E-state index contributed by atoms with van der Waals surface area (Å²) < 4.78 is 0. The van der Waals surface area contributed by atoms with E-state index in [1.807, 2.05) is 24.4 Å². The summed E-state index contributed by atoms with van der Waals surface area (Å²) in [5, 5.41) is 8.09. The van der Waals surface area contributed by atoms with Gasteiger partial charge >= 0.3 is 0 Å². The molecule has 27 heavy (non-hydrogen) atoms. The average Bonchev–Trinajstić information content (AvgIpc) is 3.12.